The molecular weight excluding hydrogens is 450 g/mol. The summed E-state index contributed by atoms with van der Waals surface area (Å²) in [5.74, 6) is -2.77. The summed E-state index contributed by atoms with van der Waals surface area (Å²) in [6.07, 6.45) is -4.88. The fourth-order valence-corrected chi connectivity index (χ4v) is 5.33. The number of aromatic nitrogens is 3. The van der Waals surface area contributed by atoms with Crippen LogP contribution in [0.2, 0.25) is 0 Å². The Labute approximate surface area is 172 Å². The molecule has 10 nitrogen and oxygen atoms in total. The van der Waals surface area contributed by atoms with E-state index in [1.54, 1.807) is 0 Å². The second-order valence-corrected chi connectivity index (χ2v) is 8.67. The van der Waals surface area contributed by atoms with Crippen LogP contribution in [0.15, 0.2) is 21.6 Å². The van der Waals surface area contributed by atoms with Gasteiger partial charge in [-0.1, -0.05) is 0 Å². The van der Waals surface area contributed by atoms with Crippen LogP contribution in [-0.2, 0) is 26.1 Å². The predicted octanol–water partition coefficient (Wildman–Crippen LogP) is 1.11. The van der Waals surface area contributed by atoms with Gasteiger partial charge in [0.15, 0.2) is 0 Å². The van der Waals surface area contributed by atoms with Gasteiger partial charge in [0.05, 0.1) is 36.5 Å². The van der Waals surface area contributed by atoms with Gasteiger partial charge in [0.2, 0.25) is 15.9 Å². The summed E-state index contributed by atoms with van der Waals surface area (Å²) in [5, 5.41) is 8.78. The van der Waals surface area contributed by atoms with Gasteiger partial charge in [-0.2, -0.15) is 21.9 Å². The zero-order valence-electron chi connectivity index (χ0n) is 15.5. The molecule has 2 aliphatic heterocycles. The number of rotatable bonds is 5. The Hall–Kier alpha value is -2.65. The van der Waals surface area contributed by atoms with Crippen LogP contribution in [0.1, 0.15) is 24.4 Å². The first-order valence-corrected chi connectivity index (χ1v) is 10.4. The van der Waals surface area contributed by atoms with Gasteiger partial charge in [-0.15, -0.1) is 10.2 Å². The molecule has 1 amide bonds. The first-order valence-electron chi connectivity index (χ1n) is 8.97. The van der Waals surface area contributed by atoms with Crippen molar-refractivity contribution in [3.8, 4) is 11.5 Å². The minimum atomic E-state index is -4.14. The van der Waals surface area contributed by atoms with Gasteiger partial charge in [-0.25, -0.2) is 8.42 Å². The van der Waals surface area contributed by atoms with E-state index in [-0.39, 0.29) is 48.2 Å². The van der Waals surface area contributed by atoms with Crippen molar-refractivity contribution in [3.05, 3.63) is 23.8 Å². The molecule has 1 fully saturated rings. The lowest BCUT2D eigenvalue weighted by Gasteiger charge is -2.36. The summed E-state index contributed by atoms with van der Waals surface area (Å²) >= 11 is 0. The molecule has 0 aliphatic carbocycles. The Morgan fingerprint density at radius 2 is 2.03 bits per heavy atom. The van der Waals surface area contributed by atoms with E-state index in [4.69, 9.17) is 9.15 Å². The molecule has 2 aromatic rings. The zero-order valence-corrected chi connectivity index (χ0v) is 16.4. The summed E-state index contributed by atoms with van der Waals surface area (Å²) in [6, 6.07) is -0.650. The Morgan fingerprint density at radius 3 is 2.71 bits per heavy atom. The van der Waals surface area contributed by atoms with Crippen LogP contribution in [0.25, 0.3) is 11.5 Å². The van der Waals surface area contributed by atoms with Gasteiger partial charge in [0, 0.05) is 12.8 Å². The Kier molecular flexibility index (Phi) is 5.65. The van der Waals surface area contributed by atoms with E-state index in [0.29, 0.717) is 0 Å². The molecule has 0 saturated carbocycles. The smallest absolute Gasteiger partial charge is 0.315 e. The number of nitrogens with one attached hydrogen (secondary N) is 1. The molecular formula is C16H15F4N5O5S. The monoisotopic (exact) mass is 465 g/mol. The van der Waals surface area contributed by atoms with Crippen molar-refractivity contribution >= 4 is 15.9 Å². The number of hydrogen-bond donors (Lipinski definition) is 1. The average Bonchev–Trinajstić information content (AvgIpc) is 3.32. The Balaban J connectivity index is 1.62. The molecule has 168 valence electrons. The van der Waals surface area contributed by atoms with Crippen LogP contribution >= 0.6 is 0 Å². The van der Waals surface area contributed by atoms with Gasteiger partial charge < -0.3 is 14.5 Å². The number of hydrogen-bond acceptors (Lipinski definition) is 8. The Bertz CT molecular complexity index is 1100. The lowest BCUT2D eigenvalue weighted by atomic mass is 10.0. The summed E-state index contributed by atoms with van der Waals surface area (Å²) < 4.78 is 88.0. The van der Waals surface area contributed by atoms with Crippen molar-refractivity contribution in [3.63, 3.8) is 0 Å². The topological polar surface area (TPSA) is 128 Å². The molecule has 1 N–H and O–H groups in total. The van der Waals surface area contributed by atoms with E-state index in [0.717, 1.165) is 4.31 Å². The van der Waals surface area contributed by atoms with Crippen LogP contribution in [0, 0.1) is 0 Å². The molecule has 2 aliphatic rings. The number of alkyl halides is 4. The Morgan fingerprint density at radius 1 is 1.26 bits per heavy atom. The second kappa shape index (κ2) is 8.12. The maximum atomic E-state index is 13.1. The fourth-order valence-electron chi connectivity index (χ4n) is 3.48. The van der Waals surface area contributed by atoms with Crippen LogP contribution in [0.4, 0.5) is 17.6 Å². The molecule has 4 heterocycles. The van der Waals surface area contributed by atoms with Crippen molar-refractivity contribution in [1.82, 2.24) is 24.8 Å². The third kappa shape index (κ3) is 3.99. The summed E-state index contributed by atoms with van der Waals surface area (Å²) in [7, 11) is -4.14. The van der Waals surface area contributed by atoms with Crippen molar-refractivity contribution in [1.29, 1.82) is 0 Å². The summed E-state index contributed by atoms with van der Waals surface area (Å²) in [4.78, 5) is 15.3. The molecule has 4 rings (SSSR count). The standard InChI is InChI=1S/C16H15F4N5O5S/c17-12(18)14(26)22-9-6-29-2-1-10(9)25-5-8-11(31(25,27)28)3-7(4-21-8)15-23-24-16(30-15)13(19)20/h3-4,9-10,12-13H,1-2,5-6H2,(H,22,26)/t9-,10-/m1/s1. The van der Waals surface area contributed by atoms with E-state index in [2.05, 4.69) is 20.5 Å². The minimum absolute atomic E-state index is 0.0260. The van der Waals surface area contributed by atoms with E-state index >= 15 is 0 Å². The molecule has 2 atom stereocenters. The number of sulfonamides is 1. The lowest BCUT2D eigenvalue weighted by molar-refractivity contribution is -0.134. The number of halogens is 4. The predicted molar refractivity (Wildman–Crippen MR) is 92.4 cm³/mol. The number of amides is 1. The quantitative estimate of drug-likeness (QED) is 0.651. The third-order valence-electron chi connectivity index (χ3n) is 4.91. The van der Waals surface area contributed by atoms with Gasteiger partial charge >= 0.3 is 12.9 Å². The van der Waals surface area contributed by atoms with Gasteiger partial charge in [0.1, 0.15) is 4.90 Å². The molecule has 0 spiro atoms. The van der Waals surface area contributed by atoms with Crippen molar-refractivity contribution in [2.75, 3.05) is 13.2 Å². The molecule has 0 unspecified atom stereocenters. The first kappa shape index (κ1) is 21.6. The number of pyridine rings is 1. The normalized spacial score (nSPS) is 23.3. The van der Waals surface area contributed by atoms with Crippen molar-refractivity contribution < 1.29 is 39.9 Å². The number of ether oxygens (including phenoxy) is 1. The van der Waals surface area contributed by atoms with Gasteiger partial charge in [-0.05, 0) is 12.5 Å². The van der Waals surface area contributed by atoms with E-state index in [1.807, 2.05) is 0 Å². The molecule has 0 bridgehead atoms. The largest absolute Gasteiger partial charge is 0.415 e. The minimum Gasteiger partial charge on any atom is -0.415 e. The number of nitrogens with zero attached hydrogens (tertiary/aromatic N) is 4. The van der Waals surface area contributed by atoms with Crippen LogP contribution < -0.4 is 5.32 Å². The summed E-state index contributed by atoms with van der Waals surface area (Å²) in [5.41, 5.74) is 0.195. The highest BCUT2D eigenvalue weighted by Gasteiger charge is 2.45. The molecule has 15 heteroatoms. The average molecular weight is 465 g/mol. The van der Waals surface area contributed by atoms with Crippen LogP contribution in [-0.4, -0.2) is 65.5 Å². The van der Waals surface area contributed by atoms with Gasteiger partial charge in [0.25, 0.3) is 11.8 Å². The number of fused-ring (bicyclic) bond motifs is 1. The number of carbonyl (C=O) groups is 1. The third-order valence-corrected chi connectivity index (χ3v) is 6.84. The van der Waals surface area contributed by atoms with E-state index in [1.165, 1.54) is 12.3 Å². The van der Waals surface area contributed by atoms with Crippen molar-refractivity contribution in [2.45, 2.75) is 42.8 Å². The lowest BCUT2D eigenvalue weighted by Crippen LogP contribution is -2.57. The maximum absolute atomic E-state index is 13.1. The number of carbonyl (C=O) groups excluding carboxylic acids is 1. The van der Waals surface area contributed by atoms with Crippen LogP contribution in [0.5, 0.6) is 0 Å². The molecule has 2 aromatic heterocycles. The highest BCUT2D eigenvalue weighted by molar-refractivity contribution is 7.89. The van der Waals surface area contributed by atoms with Crippen molar-refractivity contribution in [2.24, 2.45) is 0 Å². The van der Waals surface area contributed by atoms with E-state index in [9.17, 15) is 30.8 Å². The second-order valence-electron chi connectivity index (χ2n) is 6.81. The fraction of sp³-hybridized carbons (Fsp3) is 0.500. The molecule has 31 heavy (non-hydrogen) atoms. The van der Waals surface area contributed by atoms with Gasteiger partial charge in [-0.3, -0.25) is 9.78 Å². The highest BCUT2D eigenvalue weighted by Crippen LogP contribution is 2.35. The molecule has 1 saturated heterocycles. The van der Waals surface area contributed by atoms with E-state index < -0.39 is 46.8 Å². The SMILES string of the molecule is O=C(N[C@@H]1COCC[C@H]1N1Cc2ncc(-c3nnc(C(F)F)o3)cc2S1(=O)=O)C(F)F. The maximum Gasteiger partial charge on any atom is 0.315 e. The highest BCUT2D eigenvalue weighted by atomic mass is 32.2. The first-order chi connectivity index (χ1) is 14.7. The zero-order chi connectivity index (χ0) is 22.3. The van der Waals surface area contributed by atoms with Crippen LogP contribution in [0.3, 0.4) is 0 Å². The summed E-state index contributed by atoms with van der Waals surface area (Å²) in [6.45, 7) is -0.122. The molecule has 0 aromatic carbocycles. The molecule has 0 radical (unpaired) electrons.